The van der Waals surface area contributed by atoms with E-state index in [1.165, 1.54) is 23.3 Å². The van der Waals surface area contributed by atoms with Gasteiger partial charge in [0.05, 0.1) is 25.6 Å². The number of hydrogen-bond donors (Lipinski definition) is 0. The average Bonchev–Trinajstić information content (AvgIpc) is 2.59. The van der Waals surface area contributed by atoms with Crippen molar-refractivity contribution in [3.8, 4) is 5.75 Å². The molecule has 2 rings (SSSR count). The van der Waals surface area contributed by atoms with Crippen LogP contribution < -0.4 is 4.74 Å². The van der Waals surface area contributed by atoms with E-state index in [1.807, 2.05) is 17.8 Å². The summed E-state index contributed by atoms with van der Waals surface area (Å²) in [7, 11) is 1.72. The lowest BCUT2D eigenvalue weighted by molar-refractivity contribution is 0.150. The Balaban J connectivity index is 2.21. The molecule has 1 aliphatic heterocycles. The number of ether oxygens (including phenoxy) is 2. The van der Waals surface area contributed by atoms with Crippen LogP contribution in [0.1, 0.15) is 35.6 Å². The molecule has 19 heavy (non-hydrogen) atoms. The monoisotopic (exact) mass is 300 g/mol. The fraction of sp³-hybridized carbons (Fsp3) is 0.600. The third kappa shape index (κ3) is 3.80. The molecule has 2 nitrogen and oxygen atoms in total. The van der Waals surface area contributed by atoms with Crippen LogP contribution in [0.15, 0.2) is 18.2 Å². The summed E-state index contributed by atoms with van der Waals surface area (Å²) in [5, 5.41) is 0.411. The van der Waals surface area contributed by atoms with Crippen molar-refractivity contribution in [3.63, 3.8) is 0 Å². The number of rotatable bonds is 5. The van der Waals surface area contributed by atoms with Crippen LogP contribution in [0.3, 0.4) is 0 Å². The van der Waals surface area contributed by atoms with Crippen molar-refractivity contribution in [3.05, 3.63) is 29.3 Å². The Labute approximate surface area is 124 Å². The molecular weight excluding hydrogens is 280 g/mol. The van der Waals surface area contributed by atoms with E-state index < -0.39 is 0 Å². The normalized spacial score (nSPS) is 22.7. The Morgan fingerprint density at radius 3 is 2.95 bits per heavy atom. The highest BCUT2D eigenvalue weighted by atomic mass is 35.5. The summed E-state index contributed by atoms with van der Waals surface area (Å²) in [6, 6.07) is 6.42. The summed E-state index contributed by atoms with van der Waals surface area (Å²) >= 11 is 7.65. The third-order valence-electron chi connectivity index (χ3n) is 3.53. The van der Waals surface area contributed by atoms with Crippen LogP contribution in [0.2, 0.25) is 0 Å². The summed E-state index contributed by atoms with van der Waals surface area (Å²) < 4.78 is 11.0. The molecule has 0 amide bonds. The first-order valence-electron chi connectivity index (χ1n) is 6.69. The van der Waals surface area contributed by atoms with Gasteiger partial charge in [0, 0.05) is 5.88 Å². The van der Waals surface area contributed by atoms with Crippen molar-refractivity contribution in [1.82, 2.24) is 0 Å². The van der Waals surface area contributed by atoms with Crippen LogP contribution in [0, 0.1) is 0 Å². The average molecular weight is 301 g/mol. The molecule has 4 heteroatoms. The van der Waals surface area contributed by atoms with Crippen LogP contribution >= 0.6 is 23.4 Å². The largest absolute Gasteiger partial charge is 0.497 e. The fourth-order valence-electron chi connectivity index (χ4n) is 2.41. The molecular formula is C15H21ClO2S. The molecule has 1 heterocycles. The minimum absolute atomic E-state index is 0.411. The van der Waals surface area contributed by atoms with Crippen LogP contribution in [0.5, 0.6) is 5.75 Å². The first kappa shape index (κ1) is 15.0. The highest BCUT2D eigenvalue weighted by Crippen LogP contribution is 2.41. The predicted molar refractivity (Wildman–Crippen MR) is 82.8 cm³/mol. The zero-order chi connectivity index (χ0) is 13.7. The van der Waals surface area contributed by atoms with Crippen molar-refractivity contribution in [2.24, 2.45) is 0 Å². The first-order chi connectivity index (χ1) is 9.26. The fourth-order valence-corrected chi connectivity index (χ4v) is 3.88. The lowest BCUT2D eigenvalue weighted by Crippen LogP contribution is -2.08. The van der Waals surface area contributed by atoms with E-state index in [-0.39, 0.29) is 0 Å². The Morgan fingerprint density at radius 1 is 1.37 bits per heavy atom. The molecule has 1 aromatic rings. The van der Waals surface area contributed by atoms with Gasteiger partial charge in [-0.1, -0.05) is 13.0 Å². The third-order valence-corrected chi connectivity index (χ3v) is 4.95. The molecule has 0 aromatic heterocycles. The highest BCUT2D eigenvalue weighted by Gasteiger charge is 2.23. The molecule has 2 atom stereocenters. The smallest absolute Gasteiger partial charge is 0.119 e. The van der Waals surface area contributed by atoms with Gasteiger partial charge in [-0.05, 0) is 41.4 Å². The minimum Gasteiger partial charge on any atom is -0.497 e. The Morgan fingerprint density at radius 2 is 2.21 bits per heavy atom. The zero-order valence-electron chi connectivity index (χ0n) is 11.5. The summed E-state index contributed by atoms with van der Waals surface area (Å²) in [5.74, 6) is 3.25. The Kier molecular flexibility index (Phi) is 5.86. The van der Waals surface area contributed by atoms with Gasteiger partial charge in [-0.3, -0.25) is 0 Å². The quantitative estimate of drug-likeness (QED) is 0.599. The molecule has 0 saturated carbocycles. The molecule has 0 radical (unpaired) electrons. The SMILES string of the molecule is COc1ccc2c(c1)C(C)CCSC2COCCCl. The number of alkyl halides is 1. The molecule has 1 aromatic carbocycles. The maximum Gasteiger partial charge on any atom is 0.119 e. The van der Waals surface area contributed by atoms with Gasteiger partial charge in [0.15, 0.2) is 0 Å². The summed E-state index contributed by atoms with van der Waals surface area (Å²) in [4.78, 5) is 0. The first-order valence-corrected chi connectivity index (χ1v) is 8.27. The Bertz CT molecular complexity index is 411. The number of fused-ring (bicyclic) bond motifs is 1. The molecule has 106 valence electrons. The second kappa shape index (κ2) is 7.41. The summed E-state index contributed by atoms with van der Waals surface area (Å²) in [6.45, 7) is 3.66. The molecule has 0 fully saturated rings. The summed E-state index contributed by atoms with van der Waals surface area (Å²) in [6.07, 6.45) is 1.21. The molecule has 0 bridgehead atoms. The molecule has 0 aliphatic carbocycles. The number of halogens is 1. The van der Waals surface area contributed by atoms with Gasteiger partial charge in [-0.25, -0.2) is 0 Å². The minimum atomic E-state index is 0.411. The zero-order valence-corrected chi connectivity index (χ0v) is 13.1. The maximum absolute atomic E-state index is 5.67. The second-order valence-electron chi connectivity index (χ2n) is 4.81. The molecule has 0 N–H and O–H groups in total. The standard InChI is InChI=1S/C15H21ClO2S/c1-11-5-8-19-15(10-18-7-6-16)13-4-3-12(17-2)9-14(11)13/h3-4,9,11,15H,5-8,10H2,1-2H3. The number of methoxy groups -OCH3 is 1. The van der Waals surface area contributed by atoms with E-state index in [0.717, 1.165) is 12.4 Å². The predicted octanol–water partition coefficient (Wildman–Crippen LogP) is 4.23. The van der Waals surface area contributed by atoms with E-state index in [2.05, 4.69) is 19.1 Å². The van der Waals surface area contributed by atoms with Crippen molar-refractivity contribution in [1.29, 1.82) is 0 Å². The Hall–Kier alpha value is -0.380. The van der Waals surface area contributed by atoms with Gasteiger partial charge in [0.25, 0.3) is 0 Å². The number of thioether (sulfide) groups is 1. The van der Waals surface area contributed by atoms with Gasteiger partial charge in [0.2, 0.25) is 0 Å². The van der Waals surface area contributed by atoms with E-state index in [4.69, 9.17) is 21.1 Å². The van der Waals surface area contributed by atoms with Crippen LogP contribution in [0.25, 0.3) is 0 Å². The molecule has 0 saturated heterocycles. The summed E-state index contributed by atoms with van der Waals surface area (Å²) in [5.41, 5.74) is 2.80. The van der Waals surface area contributed by atoms with E-state index in [0.29, 0.717) is 23.7 Å². The van der Waals surface area contributed by atoms with Gasteiger partial charge >= 0.3 is 0 Å². The van der Waals surface area contributed by atoms with Crippen molar-refractivity contribution in [2.45, 2.75) is 24.5 Å². The van der Waals surface area contributed by atoms with Gasteiger partial charge in [0.1, 0.15) is 5.75 Å². The van der Waals surface area contributed by atoms with Gasteiger partial charge < -0.3 is 9.47 Å². The van der Waals surface area contributed by atoms with Crippen molar-refractivity contribution >= 4 is 23.4 Å². The topological polar surface area (TPSA) is 18.5 Å². The van der Waals surface area contributed by atoms with Crippen LogP contribution in [-0.2, 0) is 4.74 Å². The molecule has 0 spiro atoms. The highest BCUT2D eigenvalue weighted by molar-refractivity contribution is 7.99. The van der Waals surface area contributed by atoms with E-state index in [1.54, 1.807) is 7.11 Å². The van der Waals surface area contributed by atoms with Crippen LogP contribution in [0.4, 0.5) is 0 Å². The molecule has 2 unspecified atom stereocenters. The van der Waals surface area contributed by atoms with E-state index >= 15 is 0 Å². The van der Waals surface area contributed by atoms with Crippen molar-refractivity contribution < 1.29 is 9.47 Å². The van der Waals surface area contributed by atoms with Gasteiger partial charge in [-0.15, -0.1) is 11.6 Å². The number of benzene rings is 1. The lowest BCUT2D eigenvalue weighted by Gasteiger charge is -2.19. The van der Waals surface area contributed by atoms with Crippen LogP contribution in [-0.4, -0.2) is 32.0 Å². The van der Waals surface area contributed by atoms with Gasteiger partial charge in [-0.2, -0.15) is 11.8 Å². The number of hydrogen-bond acceptors (Lipinski definition) is 3. The van der Waals surface area contributed by atoms with Crippen molar-refractivity contribution in [2.75, 3.05) is 32.0 Å². The van der Waals surface area contributed by atoms with E-state index in [9.17, 15) is 0 Å². The maximum atomic E-state index is 5.67. The molecule has 1 aliphatic rings. The lowest BCUT2D eigenvalue weighted by atomic mass is 9.92. The second-order valence-corrected chi connectivity index (χ2v) is 6.50.